The second kappa shape index (κ2) is 10.5. The number of ether oxygens (including phenoxy) is 2. The number of aryl methyl sites for hydroxylation is 1. The van der Waals surface area contributed by atoms with Crippen LogP contribution < -0.4 is 9.84 Å². The molecule has 5 rings (SSSR count). The normalized spacial score (nSPS) is 14.3. The van der Waals surface area contributed by atoms with Crippen LogP contribution in [0, 0.1) is 0 Å². The Kier molecular flexibility index (Phi) is 7.18. The van der Waals surface area contributed by atoms with Crippen LogP contribution in [-0.4, -0.2) is 28.0 Å². The monoisotopic (exact) mass is 549 g/mol. The molecule has 3 aromatic carbocycles. The molecule has 40 heavy (non-hydrogen) atoms. The number of carboxylic acid groups (broad SMARTS) is 1. The van der Waals surface area contributed by atoms with Crippen molar-refractivity contribution in [2.75, 3.05) is 6.61 Å². The third-order valence-electron chi connectivity index (χ3n) is 6.58. The Balaban J connectivity index is 1.82. The maximum Gasteiger partial charge on any atom is 0.416 e. The fourth-order valence-electron chi connectivity index (χ4n) is 4.94. The summed E-state index contributed by atoms with van der Waals surface area (Å²) in [5, 5.41) is 17.1. The fourth-order valence-corrected chi connectivity index (χ4v) is 4.94. The zero-order valence-electron chi connectivity index (χ0n) is 22.3. The Morgan fingerprint density at radius 3 is 2.45 bits per heavy atom. The predicted molar refractivity (Wildman–Crippen MR) is 142 cm³/mol. The molecule has 0 fully saturated rings. The average molecular weight is 550 g/mol. The Hall–Kier alpha value is -4.11. The molecule has 1 unspecified atom stereocenters. The van der Waals surface area contributed by atoms with Gasteiger partial charge in [0.1, 0.15) is 11.9 Å². The number of alkyl halides is 3. The maximum atomic E-state index is 14.5. The number of benzene rings is 3. The molecular formula is C31H28F3N2O4-. The molecule has 0 N–H and O–H groups in total. The Morgan fingerprint density at radius 2 is 1.77 bits per heavy atom. The third kappa shape index (κ3) is 5.60. The van der Waals surface area contributed by atoms with Gasteiger partial charge in [-0.2, -0.15) is 18.3 Å². The standard InChI is InChI=1S/C31H29F3N2O4/c1-30(2,3)40-28(29(37)38)27-22(31(32,33)34)12-13-24(36-16-15-23(35-36)19-8-5-4-6-9-19)26(27)21-11-14-25-20(18-21)10-7-17-39-25/h4-6,8-9,11-16,18,28H,7,10,17H2,1-3H3,(H,37,38)/p-1. The number of aromatic nitrogens is 2. The van der Waals surface area contributed by atoms with Gasteiger partial charge in [0, 0.05) is 22.9 Å². The molecule has 4 aromatic rings. The number of hydrogen-bond acceptors (Lipinski definition) is 5. The van der Waals surface area contributed by atoms with E-state index in [1.807, 2.05) is 30.3 Å². The van der Waals surface area contributed by atoms with Crippen molar-refractivity contribution in [3.8, 4) is 33.8 Å². The van der Waals surface area contributed by atoms with Gasteiger partial charge < -0.3 is 19.4 Å². The van der Waals surface area contributed by atoms with Crippen LogP contribution in [0.1, 0.15) is 50.0 Å². The average Bonchev–Trinajstić information content (AvgIpc) is 3.40. The molecule has 2 heterocycles. The highest BCUT2D eigenvalue weighted by Crippen LogP contribution is 2.45. The van der Waals surface area contributed by atoms with Gasteiger partial charge in [0.15, 0.2) is 0 Å². The van der Waals surface area contributed by atoms with Crippen LogP contribution >= 0.6 is 0 Å². The highest BCUT2D eigenvalue weighted by molar-refractivity contribution is 5.85. The van der Waals surface area contributed by atoms with Gasteiger partial charge in [-0.25, -0.2) is 4.68 Å². The Morgan fingerprint density at radius 1 is 1.02 bits per heavy atom. The van der Waals surface area contributed by atoms with Crippen LogP contribution in [0.2, 0.25) is 0 Å². The van der Waals surface area contributed by atoms with E-state index in [1.165, 1.54) is 10.7 Å². The molecule has 208 valence electrons. The Bertz CT molecular complexity index is 1540. The van der Waals surface area contributed by atoms with Gasteiger partial charge >= 0.3 is 6.18 Å². The summed E-state index contributed by atoms with van der Waals surface area (Å²) >= 11 is 0. The van der Waals surface area contributed by atoms with Crippen molar-refractivity contribution < 1.29 is 32.5 Å². The first-order chi connectivity index (χ1) is 18.9. The zero-order chi connectivity index (χ0) is 28.7. The molecule has 0 aliphatic carbocycles. The van der Waals surface area contributed by atoms with E-state index in [9.17, 15) is 23.1 Å². The Labute approximate surface area is 230 Å². The summed E-state index contributed by atoms with van der Waals surface area (Å²) < 4.78 is 56.5. The summed E-state index contributed by atoms with van der Waals surface area (Å²) in [6.45, 7) is 5.29. The van der Waals surface area contributed by atoms with E-state index in [0.717, 1.165) is 23.6 Å². The fraction of sp³-hybridized carbons (Fsp3) is 0.290. The molecule has 0 spiro atoms. The van der Waals surface area contributed by atoms with Crippen molar-refractivity contribution in [3.05, 3.63) is 89.6 Å². The second-order valence-electron chi connectivity index (χ2n) is 10.6. The summed E-state index contributed by atoms with van der Waals surface area (Å²) in [6, 6.07) is 18.4. The van der Waals surface area contributed by atoms with E-state index < -0.39 is 35.0 Å². The highest BCUT2D eigenvalue weighted by Gasteiger charge is 2.40. The minimum atomic E-state index is -4.87. The van der Waals surface area contributed by atoms with Crippen molar-refractivity contribution >= 4 is 5.97 Å². The molecule has 0 amide bonds. The first-order valence-corrected chi connectivity index (χ1v) is 12.9. The molecule has 0 saturated carbocycles. The van der Waals surface area contributed by atoms with Gasteiger partial charge in [-0.3, -0.25) is 0 Å². The van der Waals surface area contributed by atoms with Crippen LogP contribution in [0.25, 0.3) is 28.1 Å². The van der Waals surface area contributed by atoms with Crippen molar-refractivity contribution in [2.45, 2.75) is 51.5 Å². The SMILES string of the molecule is CC(C)(C)OC(C(=O)[O-])c1c(C(F)(F)F)ccc(-n2ccc(-c3ccccc3)n2)c1-c1ccc2c(c1)CCCO2. The lowest BCUT2D eigenvalue weighted by molar-refractivity contribution is -0.321. The number of hydrogen-bond donors (Lipinski definition) is 0. The molecule has 1 aliphatic rings. The van der Waals surface area contributed by atoms with Crippen LogP contribution in [-0.2, 0) is 22.1 Å². The number of fused-ring (bicyclic) bond motifs is 1. The van der Waals surface area contributed by atoms with E-state index in [1.54, 1.807) is 51.2 Å². The number of carbonyl (C=O) groups excluding carboxylic acids is 1. The van der Waals surface area contributed by atoms with E-state index >= 15 is 0 Å². The molecule has 0 radical (unpaired) electrons. The number of aliphatic carboxylic acids is 1. The molecule has 1 aliphatic heterocycles. The summed E-state index contributed by atoms with van der Waals surface area (Å²) in [6.07, 6.45) is -3.81. The van der Waals surface area contributed by atoms with Gasteiger partial charge in [-0.1, -0.05) is 36.4 Å². The third-order valence-corrected chi connectivity index (χ3v) is 6.58. The van der Waals surface area contributed by atoms with Crippen LogP contribution in [0.15, 0.2) is 72.9 Å². The van der Waals surface area contributed by atoms with Gasteiger partial charge in [-0.15, -0.1) is 0 Å². The first-order valence-electron chi connectivity index (χ1n) is 12.9. The summed E-state index contributed by atoms with van der Waals surface area (Å²) in [4.78, 5) is 12.5. The number of halogens is 3. The molecular weight excluding hydrogens is 521 g/mol. The minimum absolute atomic E-state index is 0.0457. The number of carbonyl (C=O) groups is 1. The predicted octanol–water partition coefficient (Wildman–Crippen LogP) is 6.16. The van der Waals surface area contributed by atoms with Crippen molar-refractivity contribution in [1.29, 1.82) is 0 Å². The quantitative estimate of drug-likeness (QED) is 0.288. The van der Waals surface area contributed by atoms with Crippen molar-refractivity contribution in [2.24, 2.45) is 0 Å². The van der Waals surface area contributed by atoms with Gasteiger partial charge in [0.25, 0.3) is 0 Å². The maximum absolute atomic E-state index is 14.5. The van der Waals surface area contributed by atoms with E-state index in [2.05, 4.69) is 5.10 Å². The van der Waals surface area contributed by atoms with Crippen LogP contribution in [0.5, 0.6) is 5.75 Å². The van der Waals surface area contributed by atoms with Crippen molar-refractivity contribution in [3.63, 3.8) is 0 Å². The summed E-state index contributed by atoms with van der Waals surface area (Å²) in [5.74, 6) is -1.12. The van der Waals surface area contributed by atoms with Crippen LogP contribution in [0.3, 0.4) is 0 Å². The lowest BCUT2D eigenvalue weighted by atomic mass is 9.88. The first kappa shape index (κ1) is 27.5. The molecule has 0 bridgehead atoms. The smallest absolute Gasteiger partial charge is 0.416 e. The number of carboxylic acids is 1. The van der Waals surface area contributed by atoms with Crippen LogP contribution in [0.4, 0.5) is 13.2 Å². The molecule has 9 heteroatoms. The van der Waals surface area contributed by atoms with Gasteiger partial charge in [0.2, 0.25) is 0 Å². The van der Waals surface area contributed by atoms with Gasteiger partial charge in [-0.05, 0) is 75.1 Å². The van der Waals surface area contributed by atoms with E-state index in [-0.39, 0.29) is 11.3 Å². The molecule has 1 aromatic heterocycles. The summed E-state index contributed by atoms with van der Waals surface area (Å²) in [5.41, 5.74) is 0.221. The minimum Gasteiger partial charge on any atom is -0.547 e. The molecule has 0 saturated heterocycles. The molecule has 1 atom stereocenters. The lowest BCUT2D eigenvalue weighted by Crippen LogP contribution is -2.37. The second-order valence-corrected chi connectivity index (χ2v) is 10.6. The lowest BCUT2D eigenvalue weighted by Gasteiger charge is -2.32. The van der Waals surface area contributed by atoms with Gasteiger partial charge in [0.05, 0.1) is 35.1 Å². The van der Waals surface area contributed by atoms with E-state index in [0.29, 0.717) is 30.0 Å². The topological polar surface area (TPSA) is 76.4 Å². The number of nitrogens with zero attached hydrogens (tertiary/aromatic N) is 2. The largest absolute Gasteiger partial charge is 0.547 e. The zero-order valence-corrected chi connectivity index (χ0v) is 22.3. The highest BCUT2D eigenvalue weighted by atomic mass is 19.4. The molecule has 6 nitrogen and oxygen atoms in total. The number of rotatable bonds is 6. The van der Waals surface area contributed by atoms with Crippen molar-refractivity contribution in [1.82, 2.24) is 9.78 Å². The van der Waals surface area contributed by atoms with E-state index in [4.69, 9.17) is 9.47 Å². The summed E-state index contributed by atoms with van der Waals surface area (Å²) in [7, 11) is 0.